The van der Waals surface area contributed by atoms with E-state index < -0.39 is 0 Å². The fraction of sp³-hybridized carbons (Fsp3) is 0.412. The smallest absolute Gasteiger partial charge is 0.351 e. The lowest BCUT2D eigenvalue weighted by molar-refractivity contribution is 0.603. The molecule has 6 heteroatoms. The molecule has 0 spiro atoms. The minimum Gasteiger partial charge on any atom is -0.355 e. The van der Waals surface area contributed by atoms with Gasteiger partial charge in [0.2, 0.25) is 0 Å². The average molecular weight is 314 g/mol. The third-order valence-electron chi connectivity index (χ3n) is 4.74. The maximum Gasteiger partial charge on any atom is 0.351 e. The van der Waals surface area contributed by atoms with Gasteiger partial charge in [-0.15, -0.1) is 0 Å². The van der Waals surface area contributed by atoms with Crippen molar-refractivity contribution >= 4 is 11.6 Å². The van der Waals surface area contributed by atoms with E-state index in [0.717, 1.165) is 30.9 Å². The molecular weight excluding hydrogens is 295 g/mol. The summed E-state index contributed by atoms with van der Waals surface area (Å²) in [6, 6.07) is 8.92. The first kappa shape index (κ1) is 14.2. The predicted octanol–water partition coefficient (Wildman–Crippen LogP) is 2.00. The summed E-state index contributed by atoms with van der Waals surface area (Å²) < 4.78 is 15.1. The number of hydrogen-bond donors (Lipinski definition) is 0. The maximum atomic E-state index is 13.3. The van der Waals surface area contributed by atoms with Crippen molar-refractivity contribution in [3.05, 3.63) is 52.2 Å². The standard InChI is InChI=1S/C17H19FN4O/c1-20(10-12-4-2-5-13(18)8-12)15-9-16-21-7-3-6-14(21)11-22(16)17(23)19-15/h2,4-5,8-9,14H,3,6-7,10-11H2,1H3/t14-/m1/s1. The van der Waals surface area contributed by atoms with Crippen LogP contribution in [-0.2, 0) is 13.1 Å². The Balaban J connectivity index is 1.63. The van der Waals surface area contributed by atoms with E-state index in [0.29, 0.717) is 18.4 Å². The Morgan fingerprint density at radius 3 is 3.09 bits per heavy atom. The molecule has 0 radical (unpaired) electrons. The number of benzene rings is 1. The molecule has 0 N–H and O–H groups in total. The van der Waals surface area contributed by atoms with Gasteiger partial charge in [-0.25, -0.2) is 9.18 Å². The van der Waals surface area contributed by atoms with E-state index in [4.69, 9.17) is 0 Å². The molecule has 1 fully saturated rings. The minimum absolute atomic E-state index is 0.196. The van der Waals surface area contributed by atoms with E-state index in [-0.39, 0.29) is 11.5 Å². The molecule has 1 aromatic carbocycles. The summed E-state index contributed by atoms with van der Waals surface area (Å²) in [5, 5.41) is 0. The van der Waals surface area contributed by atoms with Crippen LogP contribution in [0.1, 0.15) is 18.4 Å². The number of halogens is 1. The molecule has 4 rings (SSSR count). The molecular formula is C17H19FN4O. The SMILES string of the molecule is CN(Cc1cccc(F)c1)c1cc2n(c(=O)n1)C[C@H]1CCCN21. The van der Waals surface area contributed by atoms with Gasteiger partial charge in [0.1, 0.15) is 17.5 Å². The van der Waals surface area contributed by atoms with E-state index in [1.165, 1.54) is 18.6 Å². The van der Waals surface area contributed by atoms with Crippen LogP contribution in [0, 0.1) is 5.82 Å². The van der Waals surface area contributed by atoms with Gasteiger partial charge in [0, 0.05) is 38.8 Å². The van der Waals surface area contributed by atoms with Gasteiger partial charge in [0.25, 0.3) is 0 Å². The quantitative estimate of drug-likeness (QED) is 0.869. The fourth-order valence-electron chi connectivity index (χ4n) is 3.62. The summed E-state index contributed by atoms with van der Waals surface area (Å²) in [6.45, 7) is 2.26. The third-order valence-corrected chi connectivity index (χ3v) is 4.74. The van der Waals surface area contributed by atoms with Crippen LogP contribution in [0.15, 0.2) is 35.1 Å². The van der Waals surface area contributed by atoms with Crippen LogP contribution >= 0.6 is 0 Å². The van der Waals surface area contributed by atoms with Gasteiger partial charge in [0.05, 0.1) is 0 Å². The Kier molecular flexibility index (Phi) is 3.32. The summed E-state index contributed by atoms with van der Waals surface area (Å²) in [5.41, 5.74) is 0.659. The highest BCUT2D eigenvalue weighted by molar-refractivity contribution is 5.54. The molecule has 5 nitrogen and oxygen atoms in total. The molecule has 2 aliphatic rings. The monoisotopic (exact) mass is 314 g/mol. The zero-order valence-electron chi connectivity index (χ0n) is 13.1. The van der Waals surface area contributed by atoms with Crippen molar-refractivity contribution in [3.63, 3.8) is 0 Å². The largest absolute Gasteiger partial charge is 0.355 e. The molecule has 2 aliphatic heterocycles. The molecule has 23 heavy (non-hydrogen) atoms. The molecule has 0 amide bonds. The van der Waals surface area contributed by atoms with Crippen molar-refractivity contribution < 1.29 is 4.39 Å². The highest BCUT2D eigenvalue weighted by Gasteiger charge is 2.34. The van der Waals surface area contributed by atoms with Crippen LogP contribution in [-0.4, -0.2) is 29.2 Å². The van der Waals surface area contributed by atoms with Crippen LogP contribution in [0.2, 0.25) is 0 Å². The molecule has 2 aromatic rings. The highest BCUT2D eigenvalue weighted by Crippen LogP contribution is 2.33. The van der Waals surface area contributed by atoms with Crippen LogP contribution in [0.5, 0.6) is 0 Å². The molecule has 0 unspecified atom stereocenters. The van der Waals surface area contributed by atoms with Gasteiger partial charge in [0.15, 0.2) is 0 Å². The summed E-state index contributed by atoms with van der Waals surface area (Å²) in [6.07, 6.45) is 2.31. The molecule has 1 atom stereocenters. The van der Waals surface area contributed by atoms with E-state index in [2.05, 4.69) is 9.88 Å². The third kappa shape index (κ3) is 2.48. The number of anilines is 2. The molecule has 0 saturated carbocycles. The van der Waals surface area contributed by atoms with E-state index in [1.54, 1.807) is 10.6 Å². The van der Waals surface area contributed by atoms with Crippen molar-refractivity contribution in [2.24, 2.45) is 0 Å². The van der Waals surface area contributed by atoms with Crippen molar-refractivity contribution in [1.82, 2.24) is 9.55 Å². The maximum absolute atomic E-state index is 13.3. The van der Waals surface area contributed by atoms with Crippen molar-refractivity contribution in [1.29, 1.82) is 0 Å². The van der Waals surface area contributed by atoms with Gasteiger partial charge >= 0.3 is 5.69 Å². The Morgan fingerprint density at radius 2 is 2.26 bits per heavy atom. The lowest BCUT2D eigenvalue weighted by atomic mass is 10.2. The van der Waals surface area contributed by atoms with Gasteiger partial charge in [-0.05, 0) is 30.5 Å². The molecule has 0 aliphatic carbocycles. The number of fused-ring (bicyclic) bond motifs is 3. The number of hydrogen-bond acceptors (Lipinski definition) is 4. The minimum atomic E-state index is -0.252. The van der Waals surface area contributed by atoms with Crippen molar-refractivity contribution in [2.45, 2.75) is 32.0 Å². The molecule has 3 heterocycles. The molecule has 120 valence electrons. The van der Waals surface area contributed by atoms with Crippen molar-refractivity contribution in [3.8, 4) is 0 Å². The fourth-order valence-corrected chi connectivity index (χ4v) is 3.62. The normalized spacial score (nSPS) is 18.9. The Labute approximate surface area is 134 Å². The topological polar surface area (TPSA) is 41.4 Å². The second-order valence-corrected chi connectivity index (χ2v) is 6.34. The summed E-state index contributed by atoms with van der Waals surface area (Å²) in [5.74, 6) is 1.35. The first-order valence-corrected chi connectivity index (χ1v) is 7.96. The van der Waals surface area contributed by atoms with E-state index in [9.17, 15) is 9.18 Å². The van der Waals surface area contributed by atoms with Crippen LogP contribution < -0.4 is 15.5 Å². The molecule has 1 aromatic heterocycles. The summed E-state index contributed by atoms with van der Waals surface area (Å²) in [7, 11) is 1.88. The first-order chi connectivity index (χ1) is 11.1. The molecule has 0 bridgehead atoms. The van der Waals surface area contributed by atoms with Gasteiger partial charge in [-0.2, -0.15) is 4.98 Å². The zero-order chi connectivity index (χ0) is 16.0. The first-order valence-electron chi connectivity index (χ1n) is 7.96. The zero-order valence-corrected chi connectivity index (χ0v) is 13.1. The molecule has 1 saturated heterocycles. The lowest BCUT2D eigenvalue weighted by Crippen LogP contribution is -2.27. The Hall–Kier alpha value is -2.37. The lowest BCUT2D eigenvalue weighted by Gasteiger charge is -2.21. The predicted molar refractivity (Wildman–Crippen MR) is 87.4 cm³/mol. The average Bonchev–Trinajstić information content (AvgIpc) is 3.09. The van der Waals surface area contributed by atoms with Gasteiger partial charge in [-0.1, -0.05) is 12.1 Å². The number of nitrogens with zero attached hydrogens (tertiary/aromatic N) is 4. The van der Waals surface area contributed by atoms with Crippen molar-refractivity contribution in [2.75, 3.05) is 23.4 Å². The number of aromatic nitrogens is 2. The second-order valence-electron chi connectivity index (χ2n) is 6.34. The van der Waals surface area contributed by atoms with Crippen LogP contribution in [0.4, 0.5) is 16.0 Å². The van der Waals surface area contributed by atoms with E-state index >= 15 is 0 Å². The van der Waals surface area contributed by atoms with Crippen LogP contribution in [0.3, 0.4) is 0 Å². The van der Waals surface area contributed by atoms with Gasteiger partial charge < -0.3 is 9.80 Å². The van der Waals surface area contributed by atoms with E-state index in [1.807, 2.05) is 24.1 Å². The summed E-state index contributed by atoms with van der Waals surface area (Å²) >= 11 is 0. The highest BCUT2D eigenvalue weighted by atomic mass is 19.1. The van der Waals surface area contributed by atoms with Crippen LogP contribution in [0.25, 0.3) is 0 Å². The Morgan fingerprint density at radius 1 is 1.39 bits per heavy atom. The number of rotatable bonds is 3. The Bertz CT molecular complexity index is 803. The second kappa shape index (κ2) is 5.37. The van der Waals surface area contributed by atoms with Gasteiger partial charge in [-0.3, -0.25) is 4.57 Å². The summed E-state index contributed by atoms with van der Waals surface area (Å²) in [4.78, 5) is 20.7.